The lowest BCUT2D eigenvalue weighted by Gasteiger charge is -2.40. The van der Waals surface area contributed by atoms with Crippen molar-refractivity contribution >= 4 is 27.9 Å². The monoisotopic (exact) mass is 335 g/mol. The maximum atomic E-state index is 12.3. The van der Waals surface area contributed by atoms with Crippen molar-refractivity contribution in [3.63, 3.8) is 0 Å². The van der Waals surface area contributed by atoms with E-state index in [1.54, 1.807) is 0 Å². The average Bonchev–Trinajstić information content (AvgIpc) is 2.08. The summed E-state index contributed by atoms with van der Waals surface area (Å²) in [6.45, 7) is 3.97. The molecule has 0 heterocycles. The number of hydrogen-bond donors (Lipinski definition) is 3. The summed E-state index contributed by atoms with van der Waals surface area (Å²) in [5.41, 5.74) is -1.28. The summed E-state index contributed by atoms with van der Waals surface area (Å²) in [5, 5.41) is 18.8. The summed E-state index contributed by atoms with van der Waals surface area (Å²) >= 11 is 2.65. The summed E-state index contributed by atoms with van der Waals surface area (Å²) in [6.07, 6.45) is -5.01. The second-order valence-electron chi connectivity index (χ2n) is 4.68. The highest BCUT2D eigenvalue weighted by molar-refractivity contribution is 9.10. The smallest absolute Gasteiger partial charge is 0.458 e. The van der Waals surface area contributed by atoms with Crippen molar-refractivity contribution in [2.45, 2.75) is 37.4 Å². The van der Waals surface area contributed by atoms with Crippen LogP contribution in [0.1, 0.15) is 20.8 Å². The van der Waals surface area contributed by atoms with E-state index in [9.17, 15) is 22.8 Å². The molecule has 0 aromatic heterocycles. The fourth-order valence-corrected chi connectivity index (χ4v) is 1.68. The number of aliphatic carboxylic acids is 2. The van der Waals surface area contributed by atoms with E-state index in [0.717, 1.165) is 5.32 Å². The van der Waals surface area contributed by atoms with E-state index in [0.29, 0.717) is 0 Å². The first kappa shape index (κ1) is 17.2. The van der Waals surface area contributed by atoms with Crippen molar-refractivity contribution in [1.82, 2.24) is 5.32 Å². The Labute approximate surface area is 109 Å². The average molecular weight is 336 g/mol. The van der Waals surface area contributed by atoms with Crippen LogP contribution in [0.3, 0.4) is 0 Å². The lowest BCUT2D eigenvalue weighted by Crippen LogP contribution is -2.64. The van der Waals surface area contributed by atoms with Gasteiger partial charge in [-0.1, -0.05) is 36.7 Å². The van der Waals surface area contributed by atoms with Gasteiger partial charge in [0.25, 0.3) is 0 Å². The molecule has 106 valence electrons. The number of rotatable bonds is 4. The third-order valence-electron chi connectivity index (χ3n) is 2.36. The highest BCUT2D eigenvalue weighted by atomic mass is 79.9. The Morgan fingerprint density at radius 3 is 1.72 bits per heavy atom. The lowest BCUT2D eigenvalue weighted by atomic mass is 9.76. The first-order chi connectivity index (χ1) is 7.73. The van der Waals surface area contributed by atoms with E-state index in [1.807, 2.05) is 0 Å². The predicted molar refractivity (Wildman–Crippen MR) is 59.4 cm³/mol. The molecule has 0 rings (SSSR count). The number of carboxylic acid groups (broad SMARTS) is 2. The van der Waals surface area contributed by atoms with Crippen LogP contribution in [0, 0.1) is 5.41 Å². The number of carbonyl (C=O) groups is 2. The molecule has 5 nitrogen and oxygen atoms in total. The summed E-state index contributed by atoms with van der Waals surface area (Å²) in [5.74, 6) is -3.61. The lowest BCUT2D eigenvalue weighted by molar-refractivity contribution is -0.181. The van der Waals surface area contributed by atoms with Crippen molar-refractivity contribution in [1.29, 1.82) is 0 Å². The molecule has 0 saturated carbocycles. The van der Waals surface area contributed by atoms with Gasteiger partial charge in [0, 0.05) is 0 Å². The van der Waals surface area contributed by atoms with E-state index < -0.39 is 34.0 Å². The topological polar surface area (TPSA) is 86.6 Å². The molecule has 0 saturated heterocycles. The van der Waals surface area contributed by atoms with Crippen LogP contribution in [0.5, 0.6) is 0 Å². The minimum Gasteiger partial charge on any atom is -0.480 e. The number of nitrogens with one attached hydrogen (secondary N) is 1. The predicted octanol–water partition coefficient (Wildman–Crippen LogP) is 1.81. The molecule has 0 aliphatic rings. The van der Waals surface area contributed by atoms with Gasteiger partial charge in [-0.15, -0.1) is 0 Å². The van der Waals surface area contributed by atoms with Crippen LogP contribution in [-0.4, -0.2) is 38.8 Å². The Hall–Kier alpha value is -0.830. The highest BCUT2D eigenvalue weighted by Gasteiger charge is 2.58. The van der Waals surface area contributed by atoms with Crippen LogP contribution in [0.25, 0.3) is 0 Å². The van der Waals surface area contributed by atoms with Crippen LogP contribution in [0.15, 0.2) is 0 Å². The third kappa shape index (κ3) is 3.58. The molecule has 3 N–H and O–H groups in total. The van der Waals surface area contributed by atoms with E-state index in [1.165, 1.54) is 20.8 Å². The molecule has 18 heavy (non-hydrogen) atoms. The molecule has 0 aliphatic carbocycles. The van der Waals surface area contributed by atoms with Gasteiger partial charge in [0.05, 0.1) is 0 Å². The zero-order valence-electron chi connectivity index (χ0n) is 9.80. The van der Waals surface area contributed by atoms with Crippen molar-refractivity contribution in [2.24, 2.45) is 5.41 Å². The zero-order chi connectivity index (χ0) is 14.9. The van der Waals surface area contributed by atoms with Crippen LogP contribution >= 0.6 is 15.9 Å². The molecule has 0 aromatic carbocycles. The van der Waals surface area contributed by atoms with E-state index >= 15 is 0 Å². The maximum absolute atomic E-state index is 12.3. The molecule has 9 heteroatoms. The third-order valence-corrected chi connectivity index (χ3v) is 4.34. The SMILES string of the molecule is CC(C)(C)C(Br)(C(=O)O)C(NC(F)(F)F)C(=O)O. The summed E-state index contributed by atoms with van der Waals surface area (Å²) in [4.78, 5) is 22.1. The Balaban J connectivity index is 5.69. The largest absolute Gasteiger partial charge is 0.480 e. The molecule has 0 radical (unpaired) electrons. The van der Waals surface area contributed by atoms with E-state index in [2.05, 4.69) is 15.9 Å². The molecule has 0 spiro atoms. The van der Waals surface area contributed by atoms with Gasteiger partial charge in [-0.2, -0.15) is 13.2 Å². The minimum absolute atomic E-state index is 0.857. The second kappa shape index (κ2) is 5.04. The fourth-order valence-electron chi connectivity index (χ4n) is 1.37. The van der Waals surface area contributed by atoms with Crippen molar-refractivity contribution in [3.05, 3.63) is 0 Å². The van der Waals surface area contributed by atoms with Gasteiger partial charge in [-0.25, -0.2) is 5.32 Å². The van der Waals surface area contributed by atoms with Crippen molar-refractivity contribution < 1.29 is 33.0 Å². The Morgan fingerprint density at radius 1 is 1.17 bits per heavy atom. The van der Waals surface area contributed by atoms with Gasteiger partial charge in [-0.3, -0.25) is 9.59 Å². The van der Waals surface area contributed by atoms with E-state index in [4.69, 9.17) is 10.2 Å². The van der Waals surface area contributed by atoms with Crippen LogP contribution in [0.4, 0.5) is 13.2 Å². The molecule has 0 aromatic rings. The first-order valence-electron chi connectivity index (χ1n) is 4.73. The summed E-state index contributed by atoms with van der Waals surface area (Å²) in [7, 11) is 0. The molecule has 2 unspecified atom stereocenters. The number of carboxylic acids is 2. The maximum Gasteiger partial charge on any atom is 0.458 e. The molecule has 0 fully saturated rings. The number of halogens is 4. The Morgan fingerprint density at radius 2 is 1.56 bits per heavy atom. The van der Waals surface area contributed by atoms with Gasteiger partial charge in [0.2, 0.25) is 0 Å². The molecule has 2 atom stereocenters. The van der Waals surface area contributed by atoms with Gasteiger partial charge < -0.3 is 10.2 Å². The summed E-state index contributed by atoms with van der Waals surface area (Å²) < 4.78 is 34.5. The summed E-state index contributed by atoms with van der Waals surface area (Å²) in [6, 6.07) is -2.37. The van der Waals surface area contributed by atoms with Crippen molar-refractivity contribution in [2.75, 3.05) is 0 Å². The minimum atomic E-state index is -5.01. The second-order valence-corrected chi connectivity index (χ2v) is 5.93. The Bertz CT molecular complexity index is 353. The van der Waals surface area contributed by atoms with Gasteiger partial charge >= 0.3 is 18.2 Å². The first-order valence-corrected chi connectivity index (χ1v) is 5.52. The standard InChI is InChI=1S/C9H13BrF3NO4/c1-7(2,3)8(10,6(17)18)4(5(15)16)14-9(11,12)13/h4,14H,1-3H3,(H,15,16)(H,17,18). The number of hydrogen-bond acceptors (Lipinski definition) is 3. The van der Waals surface area contributed by atoms with Crippen LogP contribution < -0.4 is 5.32 Å². The normalized spacial score (nSPS) is 17.9. The van der Waals surface area contributed by atoms with E-state index in [-0.39, 0.29) is 0 Å². The Kier molecular flexibility index (Phi) is 4.81. The van der Waals surface area contributed by atoms with Crippen LogP contribution in [0.2, 0.25) is 0 Å². The van der Waals surface area contributed by atoms with Gasteiger partial charge in [0.15, 0.2) is 4.32 Å². The molecule has 0 amide bonds. The van der Waals surface area contributed by atoms with Crippen LogP contribution in [-0.2, 0) is 9.59 Å². The van der Waals surface area contributed by atoms with Crippen molar-refractivity contribution in [3.8, 4) is 0 Å². The van der Waals surface area contributed by atoms with Gasteiger partial charge in [0.1, 0.15) is 6.04 Å². The molecule has 0 bridgehead atoms. The highest BCUT2D eigenvalue weighted by Crippen LogP contribution is 2.42. The number of alkyl halides is 4. The molecular weight excluding hydrogens is 323 g/mol. The quantitative estimate of drug-likeness (QED) is 0.538. The fraction of sp³-hybridized carbons (Fsp3) is 0.778. The molecular formula is C9H13BrF3NO4. The van der Waals surface area contributed by atoms with Gasteiger partial charge in [-0.05, 0) is 5.41 Å². The zero-order valence-corrected chi connectivity index (χ0v) is 11.4. The molecule has 0 aliphatic heterocycles.